The fourth-order valence-electron chi connectivity index (χ4n) is 2.81. The zero-order valence-electron chi connectivity index (χ0n) is 17.7. The highest BCUT2D eigenvalue weighted by atomic mass is 79.9. The topological polar surface area (TPSA) is 49.4 Å². The van der Waals surface area contributed by atoms with E-state index in [1.165, 1.54) is 11.8 Å². The van der Waals surface area contributed by atoms with Gasteiger partial charge in [0.15, 0.2) is 0 Å². The molecule has 7 heteroatoms. The number of hydrogen-bond acceptors (Lipinski definition) is 3. The summed E-state index contributed by atoms with van der Waals surface area (Å²) < 4.78 is 0.972. The van der Waals surface area contributed by atoms with Crippen molar-refractivity contribution in [2.24, 2.45) is 0 Å². The van der Waals surface area contributed by atoms with E-state index in [0.717, 1.165) is 15.6 Å². The molecular weight excluding hydrogens is 484 g/mol. The minimum atomic E-state index is -0.577. The van der Waals surface area contributed by atoms with Crippen LogP contribution in [0.25, 0.3) is 0 Å². The molecule has 2 aromatic rings. The summed E-state index contributed by atoms with van der Waals surface area (Å²) in [7, 11) is 0. The van der Waals surface area contributed by atoms with Crippen molar-refractivity contribution in [3.05, 3.63) is 69.2 Å². The molecule has 2 rings (SSSR count). The first kappa shape index (κ1) is 24.8. The number of nitrogens with one attached hydrogen (secondary N) is 1. The second kappa shape index (κ2) is 11.2. The number of carbonyl (C=O) groups is 2. The van der Waals surface area contributed by atoms with Gasteiger partial charge < -0.3 is 10.2 Å². The molecule has 0 aromatic heterocycles. The summed E-state index contributed by atoms with van der Waals surface area (Å²) in [4.78, 5) is 27.5. The van der Waals surface area contributed by atoms with Crippen LogP contribution < -0.4 is 5.32 Å². The van der Waals surface area contributed by atoms with E-state index in [9.17, 15) is 9.59 Å². The third-order valence-electron chi connectivity index (χ3n) is 4.31. The Bertz CT molecular complexity index is 868. The molecule has 0 saturated heterocycles. The van der Waals surface area contributed by atoms with Crippen LogP contribution in [0.15, 0.2) is 53.0 Å². The fraction of sp³-hybridized carbons (Fsp3) is 0.391. The van der Waals surface area contributed by atoms with Gasteiger partial charge in [-0.15, -0.1) is 11.8 Å². The van der Waals surface area contributed by atoms with Crippen molar-refractivity contribution < 1.29 is 9.59 Å². The van der Waals surface area contributed by atoms with Gasteiger partial charge in [-0.05, 0) is 63.1 Å². The van der Waals surface area contributed by atoms with Crippen LogP contribution in [0.3, 0.4) is 0 Å². The normalized spacial score (nSPS) is 12.3. The largest absolute Gasteiger partial charge is 0.350 e. The molecule has 4 nitrogen and oxygen atoms in total. The first-order valence-corrected chi connectivity index (χ1v) is 12.1. The van der Waals surface area contributed by atoms with Crippen LogP contribution in [0.5, 0.6) is 0 Å². The van der Waals surface area contributed by atoms with Crippen molar-refractivity contribution in [1.82, 2.24) is 10.2 Å². The molecule has 0 spiro atoms. The molecule has 0 radical (unpaired) electrons. The van der Waals surface area contributed by atoms with Crippen molar-refractivity contribution in [3.8, 4) is 0 Å². The van der Waals surface area contributed by atoms with E-state index in [-0.39, 0.29) is 23.1 Å². The van der Waals surface area contributed by atoms with Gasteiger partial charge >= 0.3 is 0 Å². The highest BCUT2D eigenvalue weighted by Crippen LogP contribution is 2.19. The summed E-state index contributed by atoms with van der Waals surface area (Å²) in [5, 5.41) is 3.66. The van der Waals surface area contributed by atoms with Crippen molar-refractivity contribution >= 4 is 51.1 Å². The molecule has 1 atom stereocenters. The second-order valence-electron chi connectivity index (χ2n) is 8.19. The van der Waals surface area contributed by atoms with E-state index in [2.05, 4.69) is 21.2 Å². The minimum Gasteiger partial charge on any atom is -0.350 e. The van der Waals surface area contributed by atoms with Gasteiger partial charge in [-0.1, -0.05) is 51.8 Å². The van der Waals surface area contributed by atoms with Gasteiger partial charge in [0, 0.05) is 27.3 Å². The van der Waals surface area contributed by atoms with Gasteiger partial charge in [-0.2, -0.15) is 0 Å². The fourth-order valence-corrected chi connectivity index (χ4v) is 4.14. The first-order chi connectivity index (χ1) is 14.0. The molecular formula is C23H28BrClN2O2S. The number of benzene rings is 2. The zero-order valence-corrected chi connectivity index (χ0v) is 20.9. The van der Waals surface area contributed by atoms with Crippen LogP contribution in [0.1, 0.15) is 38.8 Å². The predicted octanol–water partition coefficient (Wildman–Crippen LogP) is 5.67. The van der Waals surface area contributed by atoms with Crippen LogP contribution in [0.2, 0.25) is 5.02 Å². The van der Waals surface area contributed by atoms with Crippen molar-refractivity contribution in [2.45, 2.75) is 51.6 Å². The molecule has 1 N–H and O–H groups in total. The highest BCUT2D eigenvalue weighted by molar-refractivity contribution is 9.10. The van der Waals surface area contributed by atoms with Crippen LogP contribution in [-0.2, 0) is 21.9 Å². The lowest BCUT2D eigenvalue weighted by molar-refractivity contribution is -0.139. The quantitative estimate of drug-likeness (QED) is 0.497. The summed E-state index contributed by atoms with van der Waals surface area (Å²) in [5.74, 6) is 0.742. The van der Waals surface area contributed by atoms with Crippen LogP contribution in [0, 0.1) is 0 Å². The zero-order chi connectivity index (χ0) is 22.3. The number of rotatable bonds is 8. The average molecular weight is 512 g/mol. The molecule has 0 aliphatic heterocycles. The standard InChI is InChI=1S/C23H28BrClN2O2S/c1-16(22(29)26-23(2,3)4)27(13-17-8-10-19(24)11-9-17)21(28)15-30-14-18-6-5-7-20(25)12-18/h5-12,16H,13-15H2,1-4H3,(H,26,29)/t16-/m1/s1. The Morgan fingerprint density at radius 3 is 2.40 bits per heavy atom. The Balaban J connectivity index is 2.09. The highest BCUT2D eigenvalue weighted by Gasteiger charge is 2.28. The summed E-state index contributed by atoms with van der Waals surface area (Å²) in [5.41, 5.74) is 1.68. The van der Waals surface area contributed by atoms with Gasteiger partial charge in [0.2, 0.25) is 11.8 Å². The number of halogens is 2. The summed E-state index contributed by atoms with van der Waals surface area (Å²) >= 11 is 11.0. The summed E-state index contributed by atoms with van der Waals surface area (Å²) in [6.07, 6.45) is 0. The van der Waals surface area contributed by atoms with Gasteiger partial charge in [0.05, 0.1) is 5.75 Å². The maximum absolute atomic E-state index is 13.1. The minimum absolute atomic E-state index is 0.0681. The smallest absolute Gasteiger partial charge is 0.242 e. The Morgan fingerprint density at radius 1 is 1.13 bits per heavy atom. The maximum atomic E-state index is 13.1. The molecule has 162 valence electrons. The van der Waals surface area contributed by atoms with Crippen molar-refractivity contribution in [1.29, 1.82) is 0 Å². The molecule has 30 heavy (non-hydrogen) atoms. The number of hydrogen-bond donors (Lipinski definition) is 1. The second-order valence-corrected chi connectivity index (χ2v) is 10.5. The van der Waals surface area contributed by atoms with E-state index in [1.807, 2.05) is 69.3 Å². The molecule has 0 aliphatic rings. The van der Waals surface area contributed by atoms with Gasteiger partial charge in [-0.3, -0.25) is 9.59 Å². The molecule has 2 aromatic carbocycles. The molecule has 0 bridgehead atoms. The van der Waals surface area contributed by atoms with E-state index in [1.54, 1.807) is 11.8 Å². The number of thioether (sulfide) groups is 1. The molecule has 0 heterocycles. The first-order valence-electron chi connectivity index (χ1n) is 9.73. The van der Waals surface area contributed by atoms with E-state index < -0.39 is 6.04 Å². The Kier molecular flexibility index (Phi) is 9.26. The maximum Gasteiger partial charge on any atom is 0.242 e. The van der Waals surface area contributed by atoms with Crippen LogP contribution in [-0.4, -0.2) is 34.0 Å². The summed E-state index contributed by atoms with van der Waals surface area (Å²) in [6.45, 7) is 7.94. The third-order valence-corrected chi connectivity index (χ3v) is 6.07. The van der Waals surface area contributed by atoms with Crippen LogP contribution >= 0.6 is 39.3 Å². The van der Waals surface area contributed by atoms with E-state index in [0.29, 0.717) is 17.3 Å². The lowest BCUT2D eigenvalue weighted by Crippen LogP contribution is -2.52. The number of nitrogens with zero attached hydrogens (tertiary/aromatic N) is 1. The molecule has 0 unspecified atom stereocenters. The SMILES string of the molecule is C[C@H](C(=O)NC(C)(C)C)N(Cc1ccc(Br)cc1)C(=O)CSCc1cccc(Cl)c1. The predicted molar refractivity (Wildman–Crippen MR) is 130 cm³/mol. The lowest BCUT2D eigenvalue weighted by Gasteiger charge is -2.31. The van der Waals surface area contributed by atoms with Crippen LogP contribution in [0.4, 0.5) is 0 Å². The Labute approximate surface area is 196 Å². The monoisotopic (exact) mass is 510 g/mol. The van der Waals surface area contributed by atoms with Gasteiger partial charge in [-0.25, -0.2) is 0 Å². The van der Waals surface area contributed by atoms with E-state index >= 15 is 0 Å². The Hall–Kier alpha value is -1.50. The Morgan fingerprint density at radius 2 is 1.80 bits per heavy atom. The third kappa shape index (κ3) is 8.32. The van der Waals surface area contributed by atoms with Gasteiger partial charge in [0.25, 0.3) is 0 Å². The number of amides is 2. The molecule has 0 saturated carbocycles. The molecule has 0 aliphatic carbocycles. The van der Waals surface area contributed by atoms with Crippen molar-refractivity contribution in [3.63, 3.8) is 0 Å². The molecule has 0 fully saturated rings. The molecule has 2 amide bonds. The van der Waals surface area contributed by atoms with E-state index in [4.69, 9.17) is 11.6 Å². The lowest BCUT2D eigenvalue weighted by atomic mass is 10.1. The summed E-state index contributed by atoms with van der Waals surface area (Å²) in [6, 6.07) is 14.8. The number of carbonyl (C=O) groups excluding carboxylic acids is 2. The van der Waals surface area contributed by atoms with Crippen molar-refractivity contribution in [2.75, 3.05) is 5.75 Å². The van der Waals surface area contributed by atoms with Gasteiger partial charge in [0.1, 0.15) is 6.04 Å². The average Bonchev–Trinajstić information content (AvgIpc) is 2.65.